The van der Waals surface area contributed by atoms with Crippen LogP contribution in [0.4, 0.5) is 0 Å². The maximum atomic E-state index is 11.4. The molecule has 0 spiro atoms. The maximum Gasteiger partial charge on any atom is 0.303 e. The lowest BCUT2D eigenvalue weighted by molar-refractivity contribution is -0.186. The van der Waals surface area contributed by atoms with Crippen LogP contribution in [-0.2, 0) is 38.1 Å². The third-order valence-corrected chi connectivity index (χ3v) is 3.07. The fourth-order valence-corrected chi connectivity index (χ4v) is 2.28. The zero-order valence-corrected chi connectivity index (χ0v) is 14.2. The normalized spacial score (nSPS) is 27.0. The molecule has 25 heavy (non-hydrogen) atoms. The summed E-state index contributed by atoms with van der Waals surface area (Å²) in [7, 11) is 0. The quantitative estimate of drug-likeness (QED) is 0.275. The van der Waals surface area contributed by atoms with Gasteiger partial charge in [0.1, 0.15) is 12.6 Å². The van der Waals surface area contributed by atoms with Gasteiger partial charge in [0.05, 0.1) is 0 Å². The number of rotatable bonds is 5. The first-order chi connectivity index (χ1) is 11.6. The number of amides is 1. The van der Waals surface area contributed by atoms with Crippen LogP contribution in [0.1, 0.15) is 27.7 Å². The van der Waals surface area contributed by atoms with Gasteiger partial charge in [-0.05, 0) is 0 Å². The summed E-state index contributed by atoms with van der Waals surface area (Å²) >= 11 is 0. The number of carbonyl (C=O) groups excluding carboxylic acids is 4. The molecule has 4 unspecified atom stereocenters. The van der Waals surface area contributed by atoms with Crippen molar-refractivity contribution in [2.45, 2.75) is 52.0 Å². The molecule has 1 aliphatic heterocycles. The van der Waals surface area contributed by atoms with Gasteiger partial charge in [0.15, 0.2) is 18.3 Å². The van der Waals surface area contributed by atoms with Gasteiger partial charge >= 0.3 is 17.9 Å². The third kappa shape index (κ3) is 5.94. The minimum atomic E-state index is -1.26. The van der Waals surface area contributed by atoms with E-state index in [1.165, 1.54) is 6.92 Å². The van der Waals surface area contributed by atoms with Crippen LogP contribution in [-0.4, -0.2) is 65.9 Å². The highest BCUT2D eigenvalue weighted by Gasteiger charge is 2.50. The summed E-state index contributed by atoms with van der Waals surface area (Å²) in [4.78, 5) is 45.3. The molecule has 1 fully saturated rings. The molecular formula is C14H20N2O9. The highest BCUT2D eigenvalue weighted by molar-refractivity contribution is 5.88. The van der Waals surface area contributed by atoms with Gasteiger partial charge in [-0.15, -0.1) is 0 Å². The lowest BCUT2D eigenvalue weighted by Crippen LogP contribution is -2.64. The largest absolute Gasteiger partial charge is 0.466 e. The Morgan fingerprint density at radius 1 is 1.04 bits per heavy atom. The molecule has 1 heterocycles. The molecule has 0 aromatic rings. The standard InChI is InChI=1S/C14H20N2O9/c1-6(17)15-11-13(24-9(4)20)12(23-8(3)19)10(5-22-7(2)18)25-14(11)16-21/h10-13,21H,5H2,1-4H3,(H,15,17). The van der Waals surface area contributed by atoms with Gasteiger partial charge < -0.3 is 29.5 Å². The molecule has 2 N–H and O–H groups in total. The first-order valence-corrected chi connectivity index (χ1v) is 7.29. The van der Waals surface area contributed by atoms with Crippen LogP contribution in [0.25, 0.3) is 0 Å². The SMILES string of the molecule is CC(=O)NC1C(=NO)OC(COC(C)=O)C(OC(C)=O)C1OC(C)=O. The molecule has 0 saturated carbocycles. The molecule has 11 nitrogen and oxygen atoms in total. The summed E-state index contributed by atoms with van der Waals surface area (Å²) in [6.07, 6.45) is -3.60. The molecule has 11 heteroatoms. The Balaban J connectivity index is 3.23. The number of nitrogens with zero attached hydrogens (tertiary/aromatic N) is 1. The van der Waals surface area contributed by atoms with Crippen molar-refractivity contribution in [3.63, 3.8) is 0 Å². The van der Waals surface area contributed by atoms with Crippen molar-refractivity contribution in [1.29, 1.82) is 0 Å². The second-order valence-electron chi connectivity index (χ2n) is 5.22. The number of esters is 3. The molecule has 140 valence electrons. The first kappa shape index (κ1) is 20.2. The molecule has 4 atom stereocenters. The molecule has 0 aromatic heterocycles. The van der Waals surface area contributed by atoms with Crippen LogP contribution in [0.3, 0.4) is 0 Å². The van der Waals surface area contributed by atoms with E-state index in [4.69, 9.17) is 24.2 Å². The Morgan fingerprint density at radius 2 is 1.60 bits per heavy atom. The molecular weight excluding hydrogens is 340 g/mol. The zero-order valence-electron chi connectivity index (χ0n) is 14.2. The Kier molecular flexibility index (Phi) is 7.15. The van der Waals surface area contributed by atoms with Crippen molar-refractivity contribution in [2.24, 2.45) is 5.16 Å². The summed E-state index contributed by atoms with van der Waals surface area (Å²) in [5, 5.41) is 14.5. The average molecular weight is 360 g/mol. The summed E-state index contributed by atoms with van der Waals surface area (Å²) in [5.41, 5.74) is 0. The first-order valence-electron chi connectivity index (χ1n) is 7.29. The highest BCUT2D eigenvalue weighted by Crippen LogP contribution is 2.24. The number of nitrogens with one attached hydrogen (secondary N) is 1. The van der Waals surface area contributed by atoms with E-state index >= 15 is 0 Å². The summed E-state index contributed by atoms with van der Waals surface area (Å²) in [6.45, 7) is 4.22. The number of carbonyl (C=O) groups is 4. The molecule has 0 aliphatic carbocycles. The lowest BCUT2D eigenvalue weighted by atomic mass is 9.96. The Labute approximate surface area is 143 Å². The lowest BCUT2D eigenvalue weighted by Gasteiger charge is -2.41. The monoisotopic (exact) mass is 360 g/mol. The van der Waals surface area contributed by atoms with Gasteiger partial charge in [-0.1, -0.05) is 5.16 Å². The molecule has 1 aliphatic rings. The Hall–Kier alpha value is -2.85. The molecule has 1 rings (SSSR count). The smallest absolute Gasteiger partial charge is 0.303 e. The average Bonchev–Trinajstić information content (AvgIpc) is 2.48. The number of oxime groups is 1. The van der Waals surface area contributed by atoms with E-state index < -0.39 is 48.2 Å². The maximum absolute atomic E-state index is 11.4. The highest BCUT2D eigenvalue weighted by atomic mass is 16.6. The molecule has 1 amide bonds. The van der Waals surface area contributed by atoms with Gasteiger partial charge in [0, 0.05) is 27.7 Å². The van der Waals surface area contributed by atoms with E-state index in [-0.39, 0.29) is 12.5 Å². The van der Waals surface area contributed by atoms with E-state index in [0.29, 0.717) is 0 Å². The predicted octanol–water partition coefficient (Wildman–Crippen LogP) is -0.896. The third-order valence-electron chi connectivity index (χ3n) is 3.07. The predicted molar refractivity (Wildman–Crippen MR) is 79.4 cm³/mol. The topological polar surface area (TPSA) is 150 Å². The van der Waals surface area contributed by atoms with Gasteiger partial charge in [0.25, 0.3) is 5.90 Å². The van der Waals surface area contributed by atoms with E-state index in [0.717, 1.165) is 20.8 Å². The zero-order chi connectivity index (χ0) is 19.1. The van der Waals surface area contributed by atoms with Crippen LogP contribution >= 0.6 is 0 Å². The van der Waals surface area contributed by atoms with E-state index in [9.17, 15) is 19.2 Å². The molecule has 0 radical (unpaired) electrons. The van der Waals surface area contributed by atoms with Gasteiger partial charge in [-0.3, -0.25) is 19.2 Å². The summed E-state index contributed by atoms with van der Waals surface area (Å²) in [6, 6.07) is -1.20. The van der Waals surface area contributed by atoms with Crippen molar-refractivity contribution in [1.82, 2.24) is 5.32 Å². The van der Waals surface area contributed by atoms with Gasteiger partial charge in [0.2, 0.25) is 5.91 Å². The summed E-state index contributed by atoms with van der Waals surface area (Å²) < 4.78 is 20.5. The van der Waals surface area contributed by atoms with Crippen LogP contribution < -0.4 is 5.32 Å². The molecule has 0 bridgehead atoms. The minimum absolute atomic E-state index is 0.364. The van der Waals surface area contributed by atoms with Crippen molar-refractivity contribution in [3.05, 3.63) is 0 Å². The number of hydrogen-bond donors (Lipinski definition) is 2. The summed E-state index contributed by atoms with van der Waals surface area (Å²) in [5.74, 6) is -3.00. The van der Waals surface area contributed by atoms with Crippen LogP contribution in [0, 0.1) is 0 Å². The Morgan fingerprint density at radius 3 is 2.04 bits per heavy atom. The van der Waals surface area contributed by atoms with Crippen molar-refractivity contribution in [2.75, 3.05) is 6.61 Å². The molecule has 1 saturated heterocycles. The fraction of sp³-hybridized carbons (Fsp3) is 0.643. The van der Waals surface area contributed by atoms with Gasteiger partial charge in [-0.2, -0.15) is 0 Å². The van der Waals surface area contributed by atoms with Crippen molar-refractivity contribution in [3.8, 4) is 0 Å². The van der Waals surface area contributed by atoms with Crippen LogP contribution in [0.15, 0.2) is 5.16 Å². The molecule has 0 aromatic carbocycles. The minimum Gasteiger partial charge on any atom is -0.466 e. The number of hydrogen-bond acceptors (Lipinski definition) is 10. The van der Waals surface area contributed by atoms with E-state index in [1.807, 2.05) is 0 Å². The van der Waals surface area contributed by atoms with Crippen molar-refractivity contribution < 1.29 is 43.3 Å². The van der Waals surface area contributed by atoms with E-state index in [2.05, 4.69) is 10.5 Å². The van der Waals surface area contributed by atoms with Gasteiger partial charge in [-0.25, -0.2) is 0 Å². The van der Waals surface area contributed by atoms with Crippen LogP contribution in [0.5, 0.6) is 0 Å². The Bertz CT molecular complexity index is 575. The second kappa shape index (κ2) is 8.85. The van der Waals surface area contributed by atoms with E-state index in [1.54, 1.807) is 0 Å². The fourth-order valence-electron chi connectivity index (χ4n) is 2.28. The number of ether oxygens (including phenoxy) is 4. The second-order valence-corrected chi connectivity index (χ2v) is 5.22. The van der Waals surface area contributed by atoms with Crippen LogP contribution in [0.2, 0.25) is 0 Å². The van der Waals surface area contributed by atoms with Crippen molar-refractivity contribution >= 4 is 29.7 Å².